The second-order valence-electron chi connectivity index (χ2n) is 5.21. The maximum atomic E-state index is 12.2. The largest absolute Gasteiger partial charge is 0.388 e. The van der Waals surface area contributed by atoms with Gasteiger partial charge in [-0.1, -0.05) is 19.9 Å². The SMILES string of the molecule is CCn1c(=O)n(CC)c2cc(C(O)C(C)C)ccc21. The average Bonchev–Trinajstić information content (AvgIpc) is 2.67. The van der Waals surface area contributed by atoms with E-state index >= 15 is 0 Å². The van der Waals surface area contributed by atoms with Gasteiger partial charge < -0.3 is 5.11 Å². The Morgan fingerprint density at radius 3 is 2.21 bits per heavy atom. The molecule has 1 atom stereocenters. The van der Waals surface area contributed by atoms with Crippen LogP contribution in [0, 0.1) is 5.92 Å². The summed E-state index contributed by atoms with van der Waals surface area (Å²) in [5, 5.41) is 10.2. The van der Waals surface area contributed by atoms with E-state index in [1.165, 1.54) is 0 Å². The lowest BCUT2D eigenvalue weighted by molar-refractivity contribution is 0.127. The zero-order valence-electron chi connectivity index (χ0n) is 12.1. The highest BCUT2D eigenvalue weighted by molar-refractivity contribution is 5.77. The number of aliphatic hydroxyl groups excluding tert-OH is 1. The Hall–Kier alpha value is -1.55. The van der Waals surface area contributed by atoms with Crippen molar-refractivity contribution in [3.63, 3.8) is 0 Å². The lowest BCUT2D eigenvalue weighted by atomic mass is 9.99. The molecule has 2 aromatic rings. The highest BCUT2D eigenvalue weighted by Gasteiger charge is 2.16. The molecule has 1 aromatic carbocycles. The first-order chi connectivity index (χ1) is 9.01. The summed E-state index contributed by atoms with van der Waals surface area (Å²) in [5.74, 6) is 0.160. The number of aryl methyl sites for hydroxylation is 2. The van der Waals surface area contributed by atoms with E-state index in [1.54, 1.807) is 9.13 Å². The molecule has 1 heterocycles. The molecule has 0 amide bonds. The van der Waals surface area contributed by atoms with Crippen molar-refractivity contribution in [3.8, 4) is 0 Å². The highest BCUT2D eigenvalue weighted by atomic mass is 16.3. The summed E-state index contributed by atoms with van der Waals surface area (Å²) < 4.78 is 3.53. The van der Waals surface area contributed by atoms with Gasteiger partial charge in [-0.05, 0) is 37.5 Å². The van der Waals surface area contributed by atoms with Gasteiger partial charge in [-0.3, -0.25) is 9.13 Å². The summed E-state index contributed by atoms with van der Waals surface area (Å²) in [6, 6.07) is 5.79. The first-order valence-electron chi connectivity index (χ1n) is 6.92. The van der Waals surface area contributed by atoms with Crippen LogP contribution in [-0.4, -0.2) is 14.2 Å². The summed E-state index contributed by atoms with van der Waals surface area (Å²) in [6.07, 6.45) is -0.491. The molecule has 0 aliphatic carbocycles. The lowest BCUT2D eigenvalue weighted by Crippen LogP contribution is -2.23. The van der Waals surface area contributed by atoms with E-state index in [1.807, 2.05) is 45.9 Å². The number of aliphatic hydroxyl groups is 1. The second kappa shape index (κ2) is 5.21. The molecule has 1 unspecified atom stereocenters. The van der Waals surface area contributed by atoms with Gasteiger partial charge in [-0.25, -0.2) is 4.79 Å². The molecule has 0 bridgehead atoms. The molecule has 0 spiro atoms. The molecule has 0 saturated carbocycles. The van der Waals surface area contributed by atoms with E-state index < -0.39 is 6.10 Å². The normalized spacial score (nSPS) is 13.4. The van der Waals surface area contributed by atoms with Crippen molar-refractivity contribution in [2.45, 2.75) is 46.9 Å². The van der Waals surface area contributed by atoms with Crippen LogP contribution in [0.5, 0.6) is 0 Å². The van der Waals surface area contributed by atoms with Crippen LogP contribution in [0.4, 0.5) is 0 Å². The Morgan fingerprint density at radius 1 is 1.11 bits per heavy atom. The van der Waals surface area contributed by atoms with Gasteiger partial charge in [0.25, 0.3) is 0 Å². The van der Waals surface area contributed by atoms with Crippen LogP contribution >= 0.6 is 0 Å². The zero-order chi connectivity index (χ0) is 14.2. The van der Waals surface area contributed by atoms with Crippen molar-refractivity contribution in [2.75, 3.05) is 0 Å². The number of nitrogens with zero attached hydrogens (tertiary/aromatic N) is 2. The maximum Gasteiger partial charge on any atom is 0.329 e. The lowest BCUT2D eigenvalue weighted by Gasteiger charge is -2.15. The fraction of sp³-hybridized carbons (Fsp3) is 0.533. The smallest absolute Gasteiger partial charge is 0.329 e. The van der Waals surface area contributed by atoms with Crippen molar-refractivity contribution in [1.82, 2.24) is 9.13 Å². The number of benzene rings is 1. The molecule has 4 heteroatoms. The summed E-state index contributed by atoms with van der Waals surface area (Å²) in [7, 11) is 0. The average molecular weight is 262 g/mol. The number of imidazole rings is 1. The van der Waals surface area contributed by atoms with Crippen molar-refractivity contribution in [1.29, 1.82) is 0 Å². The van der Waals surface area contributed by atoms with E-state index in [-0.39, 0.29) is 11.6 Å². The predicted molar refractivity (Wildman–Crippen MR) is 77.3 cm³/mol. The van der Waals surface area contributed by atoms with Gasteiger partial charge in [0.2, 0.25) is 0 Å². The van der Waals surface area contributed by atoms with Crippen molar-refractivity contribution in [3.05, 3.63) is 34.2 Å². The van der Waals surface area contributed by atoms with Crippen LogP contribution in [0.25, 0.3) is 11.0 Å². The van der Waals surface area contributed by atoms with Crippen molar-refractivity contribution in [2.24, 2.45) is 5.92 Å². The number of hydrogen-bond acceptors (Lipinski definition) is 2. The highest BCUT2D eigenvalue weighted by Crippen LogP contribution is 2.25. The van der Waals surface area contributed by atoms with Crippen LogP contribution in [-0.2, 0) is 13.1 Å². The standard InChI is InChI=1S/C15H22N2O2/c1-5-16-12-8-7-11(14(18)10(3)4)9-13(12)17(6-2)15(16)19/h7-10,14,18H,5-6H2,1-4H3. The van der Waals surface area contributed by atoms with Gasteiger partial charge in [-0.2, -0.15) is 0 Å². The molecular weight excluding hydrogens is 240 g/mol. The molecule has 1 N–H and O–H groups in total. The van der Waals surface area contributed by atoms with E-state index in [4.69, 9.17) is 0 Å². The topological polar surface area (TPSA) is 47.2 Å². The van der Waals surface area contributed by atoms with E-state index in [0.29, 0.717) is 13.1 Å². The molecule has 0 saturated heterocycles. The van der Waals surface area contributed by atoms with Gasteiger partial charge >= 0.3 is 5.69 Å². The second-order valence-corrected chi connectivity index (χ2v) is 5.21. The van der Waals surface area contributed by atoms with Crippen LogP contribution in [0.2, 0.25) is 0 Å². The van der Waals surface area contributed by atoms with Gasteiger partial charge in [0.05, 0.1) is 17.1 Å². The van der Waals surface area contributed by atoms with Crippen molar-refractivity contribution >= 4 is 11.0 Å². The monoisotopic (exact) mass is 262 g/mol. The molecular formula is C15H22N2O2. The minimum absolute atomic E-state index is 0.0242. The number of hydrogen-bond donors (Lipinski definition) is 1. The maximum absolute atomic E-state index is 12.2. The van der Waals surface area contributed by atoms with Gasteiger partial charge in [0.15, 0.2) is 0 Å². The van der Waals surface area contributed by atoms with Crippen LogP contribution in [0.15, 0.2) is 23.0 Å². The summed E-state index contributed by atoms with van der Waals surface area (Å²) >= 11 is 0. The molecule has 0 fully saturated rings. The molecule has 0 aliphatic heterocycles. The van der Waals surface area contributed by atoms with Crippen LogP contribution in [0.3, 0.4) is 0 Å². The summed E-state index contributed by atoms with van der Waals surface area (Å²) in [4.78, 5) is 12.2. The van der Waals surface area contributed by atoms with E-state index in [0.717, 1.165) is 16.6 Å². The molecule has 104 valence electrons. The molecule has 19 heavy (non-hydrogen) atoms. The Balaban J connectivity index is 2.69. The van der Waals surface area contributed by atoms with Gasteiger partial charge in [0, 0.05) is 13.1 Å². The predicted octanol–water partition coefficient (Wildman–Crippen LogP) is 2.53. The molecule has 2 rings (SSSR count). The summed E-state index contributed by atoms with van der Waals surface area (Å²) in [6.45, 7) is 9.21. The van der Waals surface area contributed by atoms with Crippen molar-refractivity contribution < 1.29 is 5.11 Å². The quantitative estimate of drug-likeness (QED) is 0.920. The van der Waals surface area contributed by atoms with Crippen LogP contribution < -0.4 is 5.69 Å². The number of rotatable bonds is 4. The minimum Gasteiger partial charge on any atom is -0.388 e. The first-order valence-corrected chi connectivity index (χ1v) is 6.92. The Morgan fingerprint density at radius 2 is 1.68 bits per heavy atom. The molecule has 0 aliphatic rings. The third kappa shape index (κ3) is 2.21. The minimum atomic E-state index is -0.491. The molecule has 4 nitrogen and oxygen atoms in total. The Labute approximate surface area is 113 Å². The third-order valence-electron chi connectivity index (χ3n) is 3.65. The zero-order valence-corrected chi connectivity index (χ0v) is 12.1. The van der Waals surface area contributed by atoms with E-state index in [2.05, 4.69) is 0 Å². The van der Waals surface area contributed by atoms with Crippen LogP contribution in [0.1, 0.15) is 39.4 Å². The fourth-order valence-corrected chi connectivity index (χ4v) is 2.52. The fourth-order valence-electron chi connectivity index (χ4n) is 2.52. The molecule has 0 radical (unpaired) electrons. The van der Waals surface area contributed by atoms with E-state index in [9.17, 15) is 9.90 Å². The van der Waals surface area contributed by atoms with Gasteiger partial charge in [0.1, 0.15) is 0 Å². The Kier molecular flexibility index (Phi) is 3.80. The summed E-state index contributed by atoms with van der Waals surface area (Å²) in [5.41, 5.74) is 2.75. The number of fused-ring (bicyclic) bond motifs is 1. The molecule has 1 aromatic heterocycles. The number of aromatic nitrogens is 2. The third-order valence-corrected chi connectivity index (χ3v) is 3.65. The van der Waals surface area contributed by atoms with Gasteiger partial charge in [-0.15, -0.1) is 0 Å². The Bertz CT molecular complexity index is 637. The first kappa shape index (κ1) is 13.9.